The van der Waals surface area contributed by atoms with Crippen LogP contribution in [0.4, 0.5) is 0 Å². The number of Topliss-reactive ketones (excluding diaryl/α,β-unsaturated/α-hetero) is 1. The fourth-order valence-corrected chi connectivity index (χ4v) is 1.61. The first kappa shape index (κ1) is 5.16. The zero-order valence-corrected chi connectivity index (χ0v) is 5.12. The van der Waals surface area contributed by atoms with Crippen molar-refractivity contribution in [2.24, 2.45) is 0 Å². The van der Waals surface area contributed by atoms with Crippen molar-refractivity contribution >= 4 is 17.5 Å². The summed E-state index contributed by atoms with van der Waals surface area (Å²) in [7, 11) is 0. The number of carbonyl (C=O) groups is 1. The second kappa shape index (κ2) is 1.86. The Hall–Kier alpha value is 0.0200. The Morgan fingerprint density at radius 1 is 1.86 bits per heavy atom. The molecular formula is C5H8OS. The molecule has 2 heteroatoms. The summed E-state index contributed by atoms with van der Waals surface area (Å²) in [6.07, 6.45) is 0.797. The van der Waals surface area contributed by atoms with Gasteiger partial charge in [-0.3, -0.25) is 4.79 Å². The smallest absolute Gasteiger partial charge is 0.146 e. The number of rotatable bonds is 0. The Morgan fingerprint density at radius 2 is 2.57 bits per heavy atom. The monoisotopic (exact) mass is 116 g/mol. The number of ketones is 1. The van der Waals surface area contributed by atoms with E-state index in [0.29, 0.717) is 11.0 Å². The van der Waals surface area contributed by atoms with Gasteiger partial charge >= 0.3 is 0 Å². The molecule has 0 unspecified atom stereocenters. The maximum Gasteiger partial charge on any atom is 0.146 e. The van der Waals surface area contributed by atoms with Crippen LogP contribution in [0.15, 0.2) is 0 Å². The first-order valence-electron chi connectivity index (χ1n) is 2.45. The fraction of sp³-hybridized carbons (Fsp3) is 0.800. The van der Waals surface area contributed by atoms with Gasteiger partial charge in [-0.2, -0.15) is 11.8 Å². The molecular weight excluding hydrogens is 108 g/mol. The van der Waals surface area contributed by atoms with E-state index in [1.807, 2.05) is 6.92 Å². The molecule has 0 aliphatic carbocycles. The Morgan fingerprint density at radius 3 is 2.71 bits per heavy atom. The van der Waals surface area contributed by atoms with Gasteiger partial charge in [0.1, 0.15) is 5.78 Å². The van der Waals surface area contributed by atoms with E-state index in [1.165, 1.54) is 0 Å². The van der Waals surface area contributed by atoms with E-state index in [9.17, 15) is 4.79 Å². The lowest BCUT2D eigenvalue weighted by Crippen LogP contribution is -2.03. The molecule has 1 aliphatic rings. The van der Waals surface area contributed by atoms with Crippen molar-refractivity contribution in [3.05, 3.63) is 0 Å². The molecule has 7 heavy (non-hydrogen) atoms. The molecule has 0 radical (unpaired) electrons. The van der Waals surface area contributed by atoms with E-state index >= 15 is 0 Å². The van der Waals surface area contributed by atoms with Gasteiger partial charge < -0.3 is 0 Å². The van der Waals surface area contributed by atoms with Crippen LogP contribution < -0.4 is 0 Å². The lowest BCUT2D eigenvalue weighted by molar-refractivity contribution is -0.117. The number of thioether (sulfide) groups is 1. The topological polar surface area (TPSA) is 17.1 Å². The summed E-state index contributed by atoms with van der Waals surface area (Å²) >= 11 is 1.76. The minimum atomic E-state index is 0.292. The Balaban J connectivity index is 2.48. The minimum Gasteiger partial charge on any atom is -0.298 e. The highest BCUT2D eigenvalue weighted by Gasteiger charge is 2.19. The molecule has 1 aliphatic heterocycles. The van der Waals surface area contributed by atoms with Gasteiger partial charge in [0.25, 0.3) is 0 Å². The second-order valence-electron chi connectivity index (χ2n) is 1.73. The van der Waals surface area contributed by atoms with Crippen molar-refractivity contribution in [1.29, 1.82) is 0 Å². The van der Waals surface area contributed by atoms with Crippen molar-refractivity contribution < 1.29 is 4.79 Å². The molecule has 1 atom stereocenters. The summed E-state index contributed by atoms with van der Waals surface area (Å²) in [4.78, 5) is 10.6. The minimum absolute atomic E-state index is 0.292. The van der Waals surface area contributed by atoms with Gasteiger partial charge in [-0.05, 0) is 6.92 Å². The lowest BCUT2D eigenvalue weighted by Gasteiger charge is -1.90. The molecule has 0 saturated carbocycles. The number of hydrogen-bond donors (Lipinski definition) is 0. The molecule has 0 bridgehead atoms. The van der Waals surface area contributed by atoms with Crippen molar-refractivity contribution in [2.75, 3.05) is 5.75 Å². The third kappa shape index (κ3) is 0.969. The van der Waals surface area contributed by atoms with Crippen LogP contribution in [0.25, 0.3) is 0 Å². The zero-order chi connectivity index (χ0) is 5.28. The fourth-order valence-electron chi connectivity index (χ4n) is 0.633. The van der Waals surface area contributed by atoms with Gasteiger partial charge in [0.15, 0.2) is 0 Å². The third-order valence-electron chi connectivity index (χ3n) is 1.17. The SMILES string of the molecule is C[C@H]1SCCC1=O. The Labute approximate surface area is 47.5 Å². The first-order chi connectivity index (χ1) is 3.30. The van der Waals surface area contributed by atoms with Gasteiger partial charge in [0.05, 0.1) is 5.25 Å². The van der Waals surface area contributed by atoms with Crippen LogP contribution in [0.1, 0.15) is 13.3 Å². The molecule has 40 valence electrons. The van der Waals surface area contributed by atoms with Gasteiger partial charge in [-0.25, -0.2) is 0 Å². The quantitative estimate of drug-likeness (QED) is 0.471. The molecule has 1 fully saturated rings. The summed E-state index contributed by atoms with van der Waals surface area (Å²) in [5, 5.41) is 0.292. The molecule has 0 aromatic heterocycles. The van der Waals surface area contributed by atoms with Gasteiger partial charge in [0, 0.05) is 12.2 Å². The van der Waals surface area contributed by atoms with Gasteiger partial charge in [-0.15, -0.1) is 0 Å². The van der Waals surface area contributed by atoms with Crippen LogP contribution in [-0.4, -0.2) is 16.8 Å². The van der Waals surface area contributed by atoms with Crippen LogP contribution in [0.5, 0.6) is 0 Å². The van der Waals surface area contributed by atoms with E-state index in [2.05, 4.69) is 0 Å². The largest absolute Gasteiger partial charge is 0.298 e. The van der Waals surface area contributed by atoms with Crippen LogP contribution >= 0.6 is 11.8 Å². The molecule has 0 N–H and O–H groups in total. The highest BCUT2D eigenvalue weighted by atomic mass is 32.2. The summed E-state index contributed by atoms with van der Waals surface area (Å²) in [6.45, 7) is 1.97. The van der Waals surface area contributed by atoms with Crippen molar-refractivity contribution in [3.8, 4) is 0 Å². The molecule has 0 aromatic rings. The highest BCUT2D eigenvalue weighted by molar-refractivity contribution is 8.01. The average molecular weight is 116 g/mol. The number of carbonyl (C=O) groups excluding carboxylic acids is 1. The Kier molecular flexibility index (Phi) is 1.38. The summed E-state index contributed by atoms with van der Waals surface area (Å²) in [5.74, 6) is 1.46. The normalized spacial score (nSPS) is 31.6. The van der Waals surface area contributed by atoms with Gasteiger partial charge in [0.2, 0.25) is 0 Å². The van der Waals surface area contributed by atoms with Crippen LogP contribution in [-0.2, 0) is 4.79 Å². The van der Waals surface area contributed by atoms with Gasteiger partial charge in [-0.1, -0.05) is 0 Å². The zero-order valence-electron chi connectivity index (χ0n) is 4.31. The van der Waals surface area contributed by atoms with E-state index < -0.39 is 0 Å². The summed E-state index contributed by atoms with van der Waals surface area (Å²) in [5.41, 5.74) is 0. The Bertz CT molecular complexity index is 90.1. The third-order valence-corrected chi connectivity index (χ3v) is 2.37. The maximum atomic E-state index is 10.6. The van der Waals surface area contributed by atoms with E-state index in [-0.39, 0.29) is 0 Å². The van der Waals surface area contributed by atoms with Crippen molar-refractivity contribution in [2.45, 2.75) is 18.6 Å². The molecule has 0 aromatic carbocycles. The molecule has 0 amide bonds. The molecule has 1 saturated heterocycles. The summed E-state index contributed by atoms with van der Waals surface area (Å²) in [6, 6.07) is 0. The predicted molar refractivity (Wildman–Crippen MR) is 31.5 cm³/mol. The molecule has 1 rings (SSSR count). The van der Waals surface area contributed by atoms with Crippen molar-refractivity contribution in [3.63, 3.8) is 0 Å². The maximum absolute atomic E-state index is 10.6. The molecule has 1 nitrogen and oxygen atoms in total. The van der Waals surface area contributed by atoms with E-state index in [1.54, 1.807) is 11.8 Å². The van der Waals surface area contributed by atoms with Crippen LogP contribution in [0.2, 0.25) is 0 Å². The molecule has 1 heterocycles. The second-order valence-corrected chi connectivity index (χ2v) is 3.18. The summed E-state index contributed by atoms with van der Waals surface area (Å²) < 4.78 is 0. The van der Waals surface area contributed by atoms with E-state index in [4.69, 9.17) is 0 Å². The number of hydrogen-bond acceptors (Lipinski definition) is 2. The lowest BCUT2D eigenvalue weighted by atomic mass is 10.2. The highest BCUT2D eigenvalue weighted by Crippen LogP contribution is 2.21. The average Bonchev–Trinajstić information content (AvgIpc) is 1.91. The first-order valence-corrected chi connectivity index (χ1v) is 3.50. The standard InChI is InChI=1S/C5H8OS/c1-4-5(6)2-3-7-4/h4H,2-3H2,1H3/t4-/m1/s1. The predicted octanol–water partition coefficient (Wildman–Crippen LogP) is 1.08. The van der Waals surface area contributed by atoms with E-state index in [0.717, 1.165) is 12.2 Å². The molecule has 0 spiro atoms. The van der Waals surface area contributed by atoms with Crippen LogP contribution in [0.3, 0.4) is 0 Å². The van der Waals surface area contributed by atoms with Crippen LogP contribution in [0, 0.1) is 0 Å². The van der Waals surface area contributed by atoms with Crippen molar-refractivity contribution in [1.82, 2.24) is 0 Å².